The minimum Gasteiger partial charge on any atom is -0.312 e. The molecule has 0 aliphatic carbocycles. The molecule has 0 amide bonds. The Bertz CT molecular complexity index is 479. The third-order valence-corrected chi connectivity index (χ3v) is 2.27. The molecule has 0 fully saturated rings. The molecule has 76 valence electrons. The van der Waals surface area contributed by atoms with Crippen molar-refractivity contribution in [2.45, 2.75) is 13.0 Å². The molecule has 2 rings (SSSR count). The first kappa shape index (κ1) is 9.75. The second kappa shape index (κ2) is 4.63. The zero-order valence-electron chi connectivity index (χ0n) is 8.48. The largest absolute Gasteiger partial charge is 0.312 e. The number of hydrogen-bond donors (Lipinski definition) is 1. The van der Waals surface area contributed by atoms with E-state index in [4.69, 9.17) is 6.42 Å². The number of nitrogens with zero attached hydrogens (tertiary/aromatic N) is 2. The third-order valence-electron chi connectivity index (χ3n) is 2.27. The molecule has 0 atom stereocenters. The summed E-state index contributed by atoms with van der Waals surface area (Å²) in [6, 6.07) is 6.04. The molecule has 1 N–H and O–H groups in total. The molecule has 0 unspecified atom stereocenters. The van der Waals surface area contributed by atoms with Crippen LogP contribution in [0.2, 0.25) is 0 Å². The first-order valence-corrected chi connectivity index (χ1v) is 4.97. The van der Waals surface area contributed by atoms with E-state index in [9.17, 15) is 0 Å². The zero-order valence-corrected chi connectivity index (χ0v) is 8.48. The van der Waals surface area contributed by atoms with Crippen molar-refractivity contribution < 1.29 is 0 Å². The molecule has 2 heterocycles. The highest BCUT2D eigenvalue weighted by Crippen LogP contribution is 2.08. The van der Waals surface area contributed by atoms with Crippen molar-refractivity contribution in [3.8, 4) is 12.3 Å². The van der Waals surface area contributed by atoms with E-state index in [1.54, 1.807) is 0 Å². The van der Waals surface area contributed by atoms with Gasteiger partial charge >= 0.3 is 0 Å². The summed E-state index contributed by atoms with van der Waals surface area (Å²) in [7, 11) is 0. The normalized spacial score (nSPS) is 10.3. The van der Waals surface area contributed by atoms with Crippen molar-refractivity contribution >= 4 is 5.52 Å². The van der Waals surface area contributed by atoms with Crippen molar-refractivity contribution in [2.24, 2.45) is 0 Å². The molecular formula is C12H13N3. The summed E-state index contributed by atoms with van der Waals surface area (Å²) in [5.41, 5.74) is 2.35. The minimum atomic E-state index is 0.763. The molecule has 2 aromatic heterocycles. The van der Waals surface area contributed by atoms with E-state index >= 15 is 0 Å². The van der Waals surface area contributed by atoms with Gasteiger partial charge in [-0.3, -0.25) is 0 Å². The molecule has 0 aromatic carbocycles. The van der Waals surface area contributed by atoms with E-state index in [0.29, 0.717) is 0 Å². The van der Waals surface area contributed by atoms with E-state index in [-0.39, 0.29) is 0 Å². The van der Waals surface area contributed by atoms with Gasteiger partial charge < -0.3 is 5.32 Å². The molecule has 3 nitrogen and oxygen atoms in total. The van der Waals surface area contributed by atoms with E-state index < -0.39 is 0 Å². The van der Waals surface area contributed by atoms with Gasteiger partial charge in [-0.25, -0.2) is 4.52 Å². The summed E-state index contributed by atoms with van der Waals surface area (Å²) in [6.07, 6.45) is 9.77. The predicted octanol–water partition coefficient (Wildman–Crippen LogP) is 1.45. The first-order chi connectivity index (χ1) is 7.42. The van der Waals surface area contributed by atoms with Gasteiger partial charge in [-0.2, -0.15) is 5.10 Å². The number of rotatable bonds is 4. The molecule has 3 heteroatoms. The fourth-order valence-electron chi connectivity index (χ4n) is 1.51. The van der Waals surface area contributed by atoms with Crippen LogP contribution in [-0.2, 0) is 6.54 Å². The predicted molar refractivity (Wildman–Crippen MR) is 60.3 cm³/mol. The fraction of sp³-hybridized carbons (Fsp3) is 0.250. The van der Waals surface area contributed by atoms with E-state index in [1.165, 1.54) is 5.56 Å². The van der Waals surface area contributed by atoms with Crippen molar-refractivity contribution in [1.29, 1.82) is 0 Å². The molecule has 0 aliphatic heterocycles. The molecular weight excluding hydrogens is 186 g/mol. The molecule has 0 radical (unpaired) electrons. The summed E-state index contributed by atoms with van der Waals surface area (Å²) in [6.45, 7) is 1.66. The van der Waals surface area contributed by atoms with Crippen molar-refractivity contribution in [1.82, 2.24) is 14.9 Å². The van der Waals surface area contributed by atoms with Crippen LogP contribution in [0.15, 0.2) is 30.6 Å². The fourth-order valence-corrected chi connectivity index (χ4v) is 1.51. The summed E-state index contributed by atoms with van der Waals surface area (Å²) >= 11 is 0. The maximum absolute atomic E-state index is 5.17. The highest BCUT2D eigenvalue weighted by atomic mass is 15.2. The Morgan fingerprint density at radius 2 is 2.40 bits per heavy atom. The second-order valence-corrected chi connectivity index (χ2v) is 3.33. The van der Waals surface area contributed by atoms with Crippen LogP contribution in [0.1, 0.15) is 12.0 Å². The molecule has 0 spiro atoms. The molecule has 0 saturated heterocycles. The molecule has 15 heavy (non-hydrogen) atoms. The number of pyridine rings is 1. The number of fused-ring (bicyclic) bond motifs is 1. The Morgan fingerprint density at radius 1 is 1.47 bits per heavy atom. The smallest absolute Gasteiger partial charge is 0.0706 e. The van der Waals surface area contributed by atoms with Crippen LogP contribution in [0.5, 0.6) is 0 Å². The number of hydrogen-bond acceptors (Lipinski definition) is 2. The highest BCUT2D eigenvalue weighted by Gasteiger charge is 2.01. The molecule has 0 saturated carbocycles. The lowest BCUT2D eigenvalue weighted by Crippen LogP contribution is -2.13. The Morgan fingerprint density at radius 3 is 3.27 bits per heavy atom. The SMILES string of the molecule is C#CCCNCc1cnn2ccccc12. The lowest BCUT2D eigenvalue weighted by atomic mass is 10.2. The number of aromatic nitrogens is 2. The second-order valence-electron chi connectivity index (χ2n) is 3.33. The maximum Gasteiger partial charge on any atom is 0.0706 e. The van der Waals surface area contributed by atoms with Gasteiger partial charge in [-0.15, -0.1) is 12.3 Å². The standard InChI is InChI=1S/C12H13N3/c1-2-3-7-13-9-11-10-14-15-8-5-4-6-12(11)15/h1,4-6,8,10,13H,3,7,9H2. The van der Waals surface area contributed by atoms with Crippen LogP contribution < -0.4 is 5.32 Å². The summed E-state index contributed by atoms with van der Waals surface area (Å²) < 4.78 is 1.87. The van der Waals surface area contributed by atoms with Crippen LogP contribution in [-0.4, -0.2) is 16.2 Å². The average molecular weight is 199 g/mol. The van der Waals surface area contributed by atoms with Crippen LogP contribution in [0.25, 0.3) is 5.52 Å². The number of terminal acetylenes is 1. The van der Waals surface area contributed by atoms with E-state index in [0.717, 1.165) is 25.0 Å². The molecule has 0 aliphatic rings. The van der Waals surface area contributed by atoms with Gasteiger partial charge in [0.2, 0.25) is 0 Å². The highest BCUT2D eigenvalue weighted by molar-refractivity contribution is 5.53. The van der Waals surface area contributed by atoms with Gasteiger partial charge in [-0.05, 0) is 12.1 Å². The minimum absolute atomic E-state index is 0.763. The summed E-state index contributed by atoms with van der Waals surface area (Å²) in [5, 5.41) is 7.54. The topological polar surface area (TPSA) is 29.3 Å². The Labute approximate surface area is 89.1 Å². The zero-order chi connectivity index (χ0) is 10.5. The van der Waals surface area contributed by atoms with E-state index in [2.05, 4.69) is 22.4 Å². The Hall–Kier alpha value is -1.79. The lowest BCUT2D eigenvalue weighted by Gasteiger charge is -2.00. The van der Waals surface area contributed by atoms with Crippen molar-refractivity contribution in [3.63, 3.8) is 0 Å². The van der Waals surface area contributed by atoms with Gasteiger partial charge in [-0.1, -0.05) is 6.07 Å². The van der Waals surface area contributed by atoms with Gasteiger partial charge in [0.25, 0.3) is 0 Å². The van der Waals surface area contributed by atoms with Crippen molar-refractivity contribution in [2.75, 3.05) is 6.54 Å². The van der Waals surface area contributed by atoms with Gasteiger partial charge in [0.1, 0.15) is 0 Å². The first-order valence-electron chi connectivity index (χ1n) is 4.97. The van der Waals surface area contributed by atoms with Gasteiger partial charge in [0.15, 0.2) is 0 Å². The van der Waals surface area contributed by atoms with E-state index in [1.807, 2.05) is 29.0 Å². The van der Waals surface area contributed by atoms with Crippen LogP contribution in [0, 0.1) is 12.3 Å². The average Bonchev–Trinajstić information content (AvgIpc) is 2.68. The van der Waals surface area contributed by atoms with Gasteiger partial charge in [0.05, 0.1) is 11.7 Å². The Kier molecular flexibility index (Phi) is 3.01. The van der Waals surface area contributed by atoms with Crippen LogP contribution >= 0.6 is 0 Å². The van der Waals surface area contributed by atoms with Gasteiger partial charge in [0, 0.05) is 31.3 Å². The summed E-state index contributed by atoms with van der Waals surface area (Å²) in [5.74, 6) is 2.60. The summed E-state index contributed by atoms with van der Waals surface area (Å²) in [4.78, 5) is 0. The van der Waals surface area contributed by atoms with Crippen LogP contribution in [0.3, 0.4) is 0 Å². The molecule has 0 bridgehead atoms. The monoisotopic (exact) mass is 199 g/mol. The maximum atomic E-state index is 5.17. The van der Waals surface area contributed by atoms with Crippen molar-refractivity contribution in [3.05, 3.63) is 36.2 Å². The lowest BCUT2D eigenvalue weighted by molar-refractivity contribution is 0.704. The van der Waals surface area contributed by atoms with Crippen LogP contribution in [0.4, 0.5) is 0 Å². The number of nitrogens with one attached hydrogen (secondary N) is 1. The Balaban J connectivity index is 2.05. The third kappa shape index (κ3) is 2.17. The quantitative estimate of drug-likeness (QED) is 0.596. The molecule has 2 aromatic rings.